The van der Waals surface area contributed by atoms with Crippen LogP contribution in [0.25, 0.3) is 10.9 Å². The second-order valence-electron chi connectivity index (χ2n) is 4.86. The first-order valence-corrected chi connectivity index (χ1v) is 6.39. The number of para-hydroxylation sites is 1. The third kappa shape index (κ3) is 1.84. The summed E-state index contributed by atoms with van der Waals surface area (Å²) in [5, 5.41) is 9.59. The molecule has 2 N–H and O–H groups in total. The summed E-state index contributed by atoms with van der Waals surface area (Å²) >= 11 is 0. The van der Waals surface area contributed by atoms with Crippen LogP contribution in [0, 0.1) is 5.82 Å². The summed E-state index contributed by atoms with van der Waals surface area (Å²) in [4.78, 5) is 27.5. The Hall–Kier alpha value is -2.37. The number of Topliss-reactive ketones (excluding diaryl/α,β-unsaturated/α-hetero) is 1. The molecular formula is C14H13FN2O3. The molecule has 1 saturated heterocycles. The van der Waals surface area contributed by atoms with Crippen LogP contribution in [0.1, 0.15) is 23.2 Å². The first kappa shape index (κ1) is 12.7. The Labute approximate surface area is 114 Å². The minimum atomic E-state index is -1.09. The third-order valence-corrected chi connectivity index (χ3v) is 3.73. The number of likely N-dealkylation sites (tertiary alicyclic amines) is 1. The molecule has 3 rings (SSSR count). The second-order valence-corrected chi connectivity index (χ2v) is 4.86. The molecular weight excluding hydrogens is 263 g/mol. The number of amides is 1. The van der Waals surface area contributed by atoms with E-state index in [1.165, 1.54) is 18.3 Å². The van der Waals surface area contributed by atoms with Gasteiger partial charge in [-0.15, -0.1) is 0 Å². The van der Waals surface area contributed by atoms with Crippen LogP contribution in [0.4, 0.5) is 9.18 Å². The summed E-state index contributed by atoms with van der Waals surface area (Å²) in [5.41, 5.74) is 0.619. The van der Waals surface area contributed by atoms with Crippen LogP contribution in [-0.2, 0) is 0 Å². The Kier molecular flexibility index (Phi) is 2.93. The summed E-state index contributed by atoms with van der Waals surface area (Å²) in [6, 6.07) is 3.83. The molecule has 1 atom stereocenters. The molecule has 1 fully saturated rings. The molecule has 2 aromatic rings. The van der Waals surface area contributed by atoms with Crippen LogP contribution in [-0.4, -0.2) is 39.5 Å². The molecule has 1 unspecified atom stereocenters. The van der Waals surface area contributed by atoms with E-state index in [0.717, 1.165) is 4.90 Å². The van der Waals surface area contributed by atoms with E-state index in [0.29, 0.717) is 30.3 Å². The summed E-state index contributed by atoms with van der Waals surface area (Å²) in [6.45, 7) is 0.364. The number of halogens is 1. The molecule has 20 heavy (non-hydrogen) atoms. The van der Waals surface area contributed by atoms with E-state index in [9.17, 15) is 14.0 Å². The van der Waals surface area contributed by atoms with Gasteiger partial charge in [0.1, 0.15) is 5.82 Å². The Morgan fingerprint density at radius 2 is 2.20 bits per heavy atom. The van der Waals surface area contributed by atoms with Crippen LogP contribution in [0.15, 0.2) is 24.4 Å². The van der Waals surface area contributed by atoms with Gasteiger partial charge in [-0.25, -0.2) is 9.18 Å². The third-order valence-electron chi connectivity index (χ3n) is 3.73. The zero-order valence-corrected chi connectivity index (χ0v) is 10.6. The molecule has 2 heterocycles. The molecule has 1 aromatic carbocycles. The van der Waals surface area contributed by atoms with Crippen molar-refractivity contribution in [3.8, 4) is 0 Å². The van der Waals surface area contributed by atoms with Crippen molar-refractivity contribution >= 4 is 22.8 Å². The van der Waals surface area contributed by atoms with Crippen molar-refractivity contribution in [2.24, 2.45) is 0 Å². The molecule has 0 saturated carbocycles. The lowest BCUT2D eigenvalue weighted by atomic mass is 10.0. The Bertz CT molecular complexity index is 695. The van der Waals surface area contributed by atoms with Gasteiger partial charge in [-0.1, -0.05) is 12.1 Å². The van der Waals surface area contributed by atoms with E-state index in [1.54, 1.807) is 6.07 Å². The molecule has 1 aliphatic rings. The van der Waals surface area contributed by atoms with Gasteiger partial charge in [0.15, 0.2) is 5.78 Å². The molecule has 6 heteroatoms. The van der Waals surface area contributed by atoms with E-state index < -0.39 is 18.0 Å². The maximum absolute atomic E-state index is 13.6. The highest BCUT2D eigenvalue weighted by Gasteiger charge is 2.35. The van der Waals surface area contributed by atoms with Gasteiger partial charge in [-0.2, -0.15) is 0 Å². The number of hydrogen-bond donors (Lipinski definition) is 2. The van der Waals surface area contributed by atoms with E-state index in [4.69, 9.17) is 5.11 Å². The lowest BCUT2D eigenvalue weighted by Crippen LogP contribution is -2.39. The number of H-pyrrole nitrogens is 1. The highest BCUT2D eigenvalue weighted by Crippen LogP contribution is 2.26. The number of aromatic nitrogens is 1. The van der Waals surface area contributed by atoms with Crippen molar-refractivity contribution in [1.82, 2.24) is 9.88 Å². The number of ketones is 1. The number of carboxylic acid groups (broad SMARTS) is 1. The van der Waals surface area contributed by atoms with Crippen LogP contribution in [0.2, 0.25) is 0 Å². The van der Waals surface area contributed by atoms with Gasteiger partial charge >= 0.3 is 6.09 Å². The van der Waals surface area contributed by atoms with Crippen LogP contribution in [0.5, 0.6) is 0 Å². The monoisotopic (exact) mass is 276 g/mol. The van der Waals surface area contributed by atoms with Gasteiger partial charge in [0, 0.05) is 23.7 Å². The molecule has 1 amide bonds. The van der Waals surface area contributed by atoms with E-state index in [-0.39, 0.29) is 11.3 Å². The average molecular weight is 276 g/mol. The zero-order valence-electron chi connectivity index (χ0n) is 10.6. The maximum atomic E-state index is 13.6. The summed E-state index contributed by atoms with van der Waals surface area (Å²) in [5.74, 6) is -0.704. The fourth-order valence-corrected chi connectivity index (χ4v) is 2.77. The molecule has 5 nitrogen and oxygen atoms in total. The molecule has 0 bridgehead atoms. The number of nitrogens with zero attached hydrogens (tertiary/aromatic N) is 1. The van der Waals surface area contributed by atoms with Gasteiger partial charge in [0.25, 0.3) is 0 Å². The number of nitrogens with one attached hydrogen (secondary N) is 1. The largest absolute Gasteiger partial charge is 0.465 e. The van der Waals surface area contributed by atoms with Gasteiger partial charge in [-0.3, -0.25) is 9.69 Å². The first-order valence-electron chi connectivity index (χ1n) is 6.39. The van der Waals surface area contributed by atoms with E-state index in [1.807, 2.05) is 0 Å². The van der Waals surface area contributed by atoms with Crippen molar-refractivity contribution in [2.75, 3.05) is 6.54 Å². The molecule has 1 aromatic heterocycles. The van der Waals surface area contributed by atoms with Gasteiger partial charge in [-0.05, 0) is 18.9 Å². The summed E-state index contributed by atoms with van der Waals surface area (Å²) in [7, 11) is 0. The first-order chi connectivity index (χ1) is 9.59. The zero-order chi connectivity index (χ0) is 14.3. The normalized spacial score (nSPS) is 18.6. The van der Waals surface area contributed by atoms with Crippen molar-refractivity contribution in [1.29, 1.82) is 0 Å². The van der Waals surface area contributed by atoms with Gasteiger partial charge in [0.05, 0.1) is 11.6 Å². The van der Waals surface area contributed by atoms with Crippen molar-refractivity contribution < 1.29 is 19.1 Å². The highest BCUT2D eigenvalue weighted by molar-refractivity contribution is 6.11. The van der Waals surface area contributed by atoms with Gasteiger partial charge in [0.2, 0.25) is 0 Å². The Morgan fingerprint density at radius 3 is 2.95 bits per heavy atom. The Balaban J connectivity index is 2.01. The number of carbonyl (C=O) groups excluding carboxylic acids is 1. The number of benzene rings is 1. The fraction of sp³-hybridized carbons (Fsp3) is 0.286. The standard InChI is InChI=1S/C14H13FN2O3/c15-10-4-1-3-8-9(7-16-12(8)10)13(18)11-5-2-6-17(11)14(19)20/h1,3-4,7,11,16H,2,5-6H2,(H,19,20). The SMILES string of the molecule is O=C(c1c[nH]c2c(F)cccc12)C1CCCN1C(=O)O. The van der Waals surface area contributed by atoms with Crippen LogP contribution >= 0.6 is 0 Å². The second kappa shape index (κ2) is 4.63. The predicted octanol–water partition coefficient (Wildman–Crippen LogP) is 2.63. The molecule has 1 aliphatic heterocycles. The predicted molar refractivity (Wildman–Crippen MR) is 70.3 cm³/mol. The minimum absolute atomic E-state index is 0.274. The number of rotatable bonds is 2. The van der Waals surface area contributed by atoms with Crippen LogP contribution in [0.3, 0.4) is 0 Å². The molecule has 0 aliphatic carbocycles. The molecule has 104 valence electrons. The topological polar surface area (TPSA) is 73.4 Å². The van der Waals surface area contributed by atoms with Crippen molar-refractivity contribution in [2.45, 2.75) is 18.9 Å². The number of fused-ring (bicyclic) bond motifs is 1. The smallest absolute Gasteiger partial charge is 0.407 e. The summed E-state index contributed by atoms with van der Waals surface area (Å²) < 4.78 is 13.6. The average Bonchev–Trinajstić information content (AvgIpc) is 3.05. The highest BCUT2D eigenvalue weighted by atomic mass is 19.1. The number of carbonyl (C=O) groups is 2. The van der Waals surface area contributed by atoms with Gasteiger partial charge < -0.3 is 10.1 Å². The number of hydrogen-bond acceptors (Lipinski definition) is 2. The molecule has 0 spiro atoms. The minimum Gasteiger partial charge on any atom is -0.465 e. The maximum Gasteiger partial charge on any atom is 0.407 e. The molecule has 0 radical (unpaired) electrons. The Morgan fingerprint density at radius 1 is 1.40 bits per heavy atom. The fourth-order valence-electron chi connectivity index (χ4n) is 2.77. The lowest BCUT2D eigenvalue weighted by Gasteiger charge is -2.19. The van der Waals surface area contributed by atoms with E-state index >= 15 is 0 Å². The van der Waals surface area contributed by atoms with Crippen molar-refractivity contribution in [3.05, 3.63) is 35.8 Å². The quantitative estimate of drug-likeness (QED) is 0.828. The number of aromatic amines is 1. The van der Waals surface area contributed by atoms with Crippen LogP contribution < -0.4 is 0 Å². The lowest BCUT2D eigenvalue weighted by molar-refractivity contribution is 0.0846. The van der Waals surface area contributed by atoms with E-state index in [2.05, 4.69) is 4.98 Å². The summed E-state index contributed by atoms with van der Waals surface area (Å²) in [6.07, 6.45) is 1.54. The van der Waals surface area contributed by atoms with Crippen molar-refractivity contribution in [3.63, 3.8) is 0 Å².